The number of piperidine rings is 2. The molecule has 1 amide bonds. The summed E-state index contributed by atoms with van der Waals surface area (Å²) in [6.07, 6.45) is 7.99. The first-order valence-corrected chi connectivity index (χ1v) is 13.6. The van der Waals surface area contributed by atoms with E-state index in [0.717, 1.165) is 48.6 Å². The Balaban J connectivity index is 1.31. The van der Waals surface area contributed by atoms with Crippen molar-refractivity contribution < 1.29 is 9.90 Å². The third-order valence-corrected chi connectivity index (χ3v) is 8.83. The van der Waals surface area contributed by atoms with Gasteiger partial charge in [0.2, 0.25) is 5.91 Å². The van der Waals surface area contributed by atoms with E-state index < -0.39 is 0 Å². The Morgan fingerprint density at radius 1 is 1.06 bits per heavy atom. The Kier molecular flexibility index (Phi) is 7.02. The van der Waals surface area contributed by atoms with E-state index >= 15 is 0 Å². The van der Waals surface area contributed by atoms with Crippen molar-refractivity contribution in [2.24, 2.45) is 22.9 Å². The van der Waals surface area contributed by atoms with Gasteiger partial charge < -0.3 is 14.9 Å². The lowest BCUT2D eigenvalue weighted by Crippen LogP contribution is -2.48. The maximum absolute atomic E-state index is 13.1. The first kappa shape index (κ1) is 24.1. The Bertz CT molecular complexity index is 995. The molecule has 0 spiro atoms. The van der Waals surface area contributed by atoms with Crippen molar-refractivity contribution in [2.75, 3.05) is 31.2 Å². The molecule has 3 heterocycles. The van der Waals surface area contributed by atoms with Crippen molar-refractivity contribution >= 4 is 17.4 Å². The molecule has 7 heteroatoms. The van der Waals surface area contributed by atoms with Gasteiger partial charge in [-0.15, -0.1) is 0 Å². The van der Waals surface area contributed by atoms with Gasteiger partial charge in [-0.3, -0.25) is 9.80 Å². The van der Waals surface area contributed by atoms with Crippen LogP contribution < -0.4 is 5.01 Å². The molecule has 3 fully saturated rings. The number of carbonyl (C=O) groups is 1. The van der Waals surface area contributed by atoms with E-state index in [0.29, 0.717) is 43.8 Å². The third-order valence-electron chi connectivity index (χ3n) is 8.83. The van der Waals surface area contributed by atoms with Gasteiger partial charge in [-0.2, -0.15) is 10.4 Å². The van der Waals surface area contributed by atoms with Crippen molar-refractivity contribution in [3.63, 3.8) is 0 Å². The molecule has 0 aromatic heterocycles. The lowest BCUT2D eigenvalue weighted by molar-refractivity contribution is -0.138. The van der Waals surface area contributed by atoms with Crippen LogP contribution in [0.3, 0.4) is 0 Å². The highest BCUT2D eigenvalue weighted by molar-refractivity contribution is 5.89. The molecule has 1 aromatic rings. The van der Waals surface area contributed by atoms with Crippen LogP contribution in [0.4, 0.5) is 5.69 Å². The molecule has 4 aliphatic rings. The van der Waals surface area contributed by atoms with E-state index in [1.54, 1.807) is 0 Å². The second-order valence-corrected chi connectivity index (χ2v) is 11.1. The van der Waals surface area contributed by atoms with Crippen molar-refractivity contribution in [1.82, 2.24) is 9.80 Å². The lowest BCUT2D eigenvalue weighted by Gasteiger charge is -2.38. The fraction of sp³-hybridized carbons (Fsp3) is 0.679. The monoisotopic (exact) mass is 477 g/mol. The molecule has 7 nitrogen and oxygen atoms in total. The van der Waals surface area contributed by atoms with E-state index in [9.17, 15) is 15.2 Å². The van der Waals surface area contributed by atoms with Crippen LogP contribution in [0.15, 0.2) is 23.3 Å². The summed E-state index contributed by atoms with van der Waals surface area (Å²) >= 11 is 0. The number of amidine groups is 1. The van der Waals surface area contributed by atoms with E-state index in [4.69, 9.17) is 5.10 Å². The quantitative estimate of drug-likeness (QED) is 0.714. The van der Waals surface area contributed by atoms with Gasteiger partial charge in [-0.1, -0.05) is 19.8 Å². The van der Waals surface area contributed by atoms with Crippen LogP contribution in [0.2, 0.25) is 0 Å². The molecule has 2 unspecified atom stereocenters. The summed E-state index contributed by atoms with van der Waals surface area (Å²) in [6, 6.07) is 8.71. The SMILES string of the molecule is Cc1cc(N2N=C(N3CCC(C(=O)N4CCC(O)CC4)CC3)C(C)C2C2CCCC2)ccc1C#N. The number of amides is 1. The van der Waals surface area contributed by atoms with Crippen molar-refractivity contribution in [2.45, 2.75) is 77.4 Å². The molecule has 2 saturated heterocycles. The molecule has 0 bridgehead atoms. The number of nitriles is 1. The molecule has 35 heavy (non-hydrogen) atoms. The number of aliphatic hydroxyl groups is 1. The number of carbonyl (C=O) groups excluding carboxylic acids is 1. The number of rotatable bonds is 3. The number of likely N-dealkylation sites (tertiary alicyclic amines) is 2. The zero-order valence-corrected chi connectivity index (χ0v) is 21.2. The van der Waals surface area contributed by atoms with Gasteiger partial charge in [0.15, 0.2) is 0 Å². The average molecular weight is 478 g/mol. The first-order chi connectivity index (χ1) is 17.0. The number of hydrazone groups is 1. The molecule has 0 radical (unpaired) electrons. The summed E-state index contributed by atoms with van der Waals surface area (Å²) < 4.78 is 0. The maximum atomic E-state index is 13.1. The number of nitrogens with zero attached hydrogens (tertiary/aromatic N) is 5. The summed E-state index contributed by atoms with van der Waals surface area (Å²) in [6.45, 7) is 7.44. The Hall–Kier alpha value is -2.59. The molecule has 1 aromatic carbocycles. The van der Waals surface area contributed by atoms with Crippen LogP contribution in [0.25, 0.3) is 0 Å². The Morgan fingerprint density at radius 3 is 2.37 bits per heavy atom. The Morgan fingerprint density at radius 2 is 1.74 bits per heavy atom. The molecular formula is C28H39N5O2. The zero-order chi connectivity index (χ0) is 24.5. The highest BCUT2D eigenvalue weighted by Crippen LogP contribution is 2.41. The molecule has 1 aliphatic carbocycles. The van der Waals surface area contributed by atoms with Gasteiger partial charge in [0.1, 0.15) is 5.84 Å². The molecule has 5 rings (SSSR count). The topological polar surface area (TPSA) is 83.2 Å². The molecule has 2 atom stereocenters. The first-order valence-electron chi connectivity index (χ1n) is 13.6. The minimum Gasteiger partial charge on any atom is -0.393 e. The predicted octanol–water partition coefficient (Wildman–Crippen LogP) is 3.89. The van der Waals surface area contributed by atoms with Crippen molar-refractivity contribution in [1.29, 1.82) is 5.26 Å². The van der Waals surface area contributed by atoms with Crippen LogP contribution in [0.1, 0.15) is 69.4 Å². The second kappa shape index (κ2) is 10.2. The van der Waals surface area contributed by atoms with Crippen LogP contribution >= 0.6 is 0 Å². The number of aliphatic hydroxyl groups excluding tert-OH is 1. The molecule has 188 valence electrons. The van der Waals surface area contributed by atoms with Crippen LogP contribution in [-0.4, -0.2) is 65.0 Å². The van der Waals surface area contributed by atoms with Gasteiger partial charge in [-0.05, 0) is 75.1 Å². The second-order valence-electron chi connectivity index (χ2n) is 11.1. The number of anilines is 1. The summed E-state index contributed by atoms with van der Waals surface area (Å²) in [5.74, 6) is 2.50. The van der Waals surface area contributed by atoms with Gasteiger partial charge in [-0.25, -0.2) is 0 Å². The molecular weight excluding hydrogens is 438 g/mol. The van der Waals surface area contributed by atoms with Crippen LogP contribution in [-0.2, 0) is 4.79 Å². The highest BCUT2D eigenvalue weighted by atomic mass is 16.3. The number of aryl methyl sites for hydroxylation is 1. The van der Waals surface area contributed by atoms with Crippen LogP contribution in [0.5, 0.6) is 0 Å². The van der Waals surface area contributed by atoms with Crippen molar-refractivity contribution in [3.8, 4) is 6.07 Å². The largest absolute Gasteiger partial charge is 0.393 e. The van der Waals surface area contributed by atoms with E-state index in [2.05, 4.69) is 29.0 Å². The lowest BCUT2D eigenvalue weighted by atomic mass is 9.86. The fourth-order valence-electron chi connectivity index (χ4n) is 6.74. The summed E-state index contributed by atoms with van der Waals surface area (Å²) in [5.41, 5.74) is 2.80. The predicted molar refractivity (Wildman–Crippen MR) is 137 cm³/mol. The molecule has 3 aliphatic heterocycles. The minimum atomic E-state index is -0.251. The summed E-state index contributed by atoms with van der Waals surface area (Å²) in [4.78, 5) is 17.5. The average Bonchev–Trinajstić information content (AvgIpc) is 3.52. The van der Waals surface area contributed by atoms with E-state index in [-0.39, 0.29) is 17.9 Å². The number of hydrogen-bond donors (Lipinski definition) is 1. The summed E-state index contributed by atoms with van der Waals surface area (Å²) in [7, 11) is 0. The highest BCUT2D eigenvalue weighted by Gasteiger charge is 2.44. The van der Waals surface area contributed by atoms with Gasteiger partial charge >= 0.3 is 0 Å². The van der Waals surface area contributed by atoms with E-state index in [1.807, 2.05) is 24.0 Å². The summed E-state index contributed by atoms with van der Waals surface area (Å²) in [5, 5.41) is 26.6. The number of benzene rings is 1. The Labute approximate surface area is 209 Å². The molecule has 1 N–H and O–H groups in total. The normalized spacial score (nSPS) is 26.8. The standard InChI is InChI=1S/C28H39N5O2/c1-19-17-24(8-7-23(19)18-29)33-26(21-5-3-4-6-21)20(2)27(30-33)31-13-9-22(10-14-31)28(35)32-15-11-25(34)12-16-32/h7-8,17,20-22,25-26,34H,3-6,9-16H2,1-2H3. The smallest absolute Gasteiger partial charge is 0.225 e. The molecule has 1 saturated carbocycles. The van der Waals surface area contributed by atoms with Gasteiger partial charge in [0, 0.05) is 38.0 Å². The maximum Gasteiger partial charge on any atom is 0.225 e. The minimum absolute atomic E-state index is 0.0849. The number of hydrogen-bond acceptors (Lipinski definition) is 6. The zero-order valence-electron chi connectivity index (χ0n) is 21.2. The van der Waals surface area contributed by atoms with Gasteiger partial charge in [0.25, 0.3) is 0 Å². The third kappa shape index (κ3) is 4.78. The van der Waals surface area contributed by atoms with E-state index in [1.165, 1.54) is 25.7 Å². The fourth-order valence-corrected chi connectivity index (χ4v) is 6.74. The van der Waals surface area contributed by atoms with Gasteiger partial charge in [0.05, 0.1) is 29.5 Å². The van der Waals surface area contributed by atoms with Crippen LogP contribution in [0, 0.1) is 36.0 Å². The van der Waals surface area contributed by atoms with Crippen molar-refractivity contribution in [3.05, 3.63) is 29.3 Å².